The average Bonchev–Trinajstić information content (AvgIpc) is 3.36. The van der Waals surface area contributed by atoms with Crippen molar-refractivity contribution in [3.8, 4) is 11.6 Å². The maximum absolute atomic E-state index is 12.5. The van der Waals surface area contributed by atoms with Gasteiger partial charge in [-0.1, -0.05) is 12.1 Å². The molecule has 1 aromatic carbocycles. The molecular weight excluding hydrogens is 400 g/mol. The number of carbonyl (C=O) groups is 2. The fourth-order valence-electron chi connectivity index (χ4n) is 3.78. The Balaban J connectivity index is 1.53. The molecule has 0 saturated carbocycles. The predicted molar refractivity (Wildman–Crippen MR) is 109 cm³/mol. The van der Waals surface area contributed by atoms with Gasteiger partial charge >= 0.3 is 0 Å². The highest BCUT2D eigenvalue weighted by molar-refractivity contribution is 5.95. The maximum atomic E-state index is 12.5. The van der Waals surface area contributed by atoms with Gasteiger partial charge in [0.25, 0.3) is 5.91 Å². The van der Waals surface area contributed by atoms with E-state index in [1.54, 1.807) is 33.5 Å². The normalized spacial score (nSPS) is 15.5. The van der Waals surface area contributed by atoms with E-state index in [-0.39, 0.29) is 18.4 Å². The summed E-state index contributed by atoms with van der Waals surface area (Å²) in [6, 6.07) is 10.8. The topological polar surface area (TPSA) is 142 Å². The van der Waals surface area contributed by atoms with Crippen LogP contribution in [0.4, 0.5) is 5.82 Å². The van der Waals surface area contributed by atoms with Crippen LogP contribution in [0.15, 0.2) is 42.7 Å². The minimum absolute atomic E-state index is 0.113. The van der Waals surface area contributed by atoms with Gasteiger partial charge in [-0.05, 0) is 36.8 Å². The number of aryl methyl sites for hydroxylation is 1. The number of nitrogens with one attached hydrogen (secondary N) is 1. The molecule has 156 valence electrons. The van der Waals surface area contributed by atoms with Crippen LogP contribution in [0, 0.1) is 6.92 Å². The zero-order valence-corrected chi connectivity index (χ0v) is 16.5. The molecule has 11 nitrogen and oxygen atoms in total. The first-order valence-corrected chi connectivity index (χ1v) is 9.57. The van der Waals surface area contributed by atoms with Crippen LogP contribution in [0.5, 0.6) is 5.75 Å². The van der Waals surface area contributed by atoms with Gasteiger partial charge in [-0.15, -0.1) is 15.3 Å². The molecule has 0 saturated heterocycles. The number of aromatic nitrogens is 6. The monoisotopic (exact) mass is 418 g/mol. The van der Waals surface area contributed by atoms with Gasteiger partial charge < -0.3 is 15.8 Å². The van der Waals surface area contributed by atoms with Crippen molar-refractivity contribution in [2.45, 2.75) is 19.3 Å². The van der Waals surface area contributed by atoms with Crippen molar-refractivity contribution < 1.29 is 14.3 Å². The minimum Gasteiger partial charge on any atom is -0.484 e. The Bertz CT molecular complexity index is 1310. The lowest BCUT2D eigenvalue weighted by atomic mass is 9.86. The van der Waals surface area contributed by atoms with E-state index in [2.05, 4.69) is 25.7 Å². The number of fused-ring (bicyclic) bond motifs is 2. The summed E-state index contributed by atoms with van der Waals surface area (Å²) >= 11 is 0. The van der Waals surface area contributed by atoms with Crippen LogP contribution in [0.1, 0.15) is 29.2 Å². The van der Waals surface area contributed by atoms with Crippen molar-refractivity contribution in [2.24, 2.45) is 5.73 Å². The molecule has 1 aliphatic rings. The van der Waals surface area contributed by atoms with Gasteiger partial charge in [-0.25, -0.2) is 0 Å². The Morgan fingerprint density at radius 2 is 2.03 bits per heavy atom. The van der Waals surface area contributed by atoms with Gasteiger partial charge in [0.05, 0.1) is 5.69 Å². The quantitative estimate of drug-likeness (QED) is 0.491. The summed E-state index contributed by atoms with van der Waals surface area (Å²) in [5.74, 6) is 0.820. The fraction of sp³-hybridized carbons (Fsp3) is 0.200. The molecule has 31 heavy (non-hydrogen) atoms. The second-order valence-corrected chi connectivity index (χ2v) is 7.21. The molecule has 0 aliphatic carbocycles. The van der Waals surface area contributed by atoms with Crippen LogP contribution in [0.2, 0.25) is 0 Å². The largest absolute Gasteiger partial charge is 0.484 e. The summed E-state index contributed by atoms with van der Waals surface area (Å²) in [6.45, 7) is 1.71. The molecule has 4 aromatic rings. The predicted octanol–water partition coefficient (Wildman–Crippen LogP) is 0.957. The molecule has 0 spiro atoms. The molecule has 1 aliphatic heterocycles. The van der Waals surface area contributed by atoms with Gasteiger partial charge in [-0.3, -0.25) is 9.59 Å². The number of ether oxygens (including phenoxy) is 1. The Morgan fingerprint density at radius 3 is 2.81 bits per heavy atom. The summed E-state index contributed by atoms with van der Waals surface area (Å²) in [7, 11) is 0. The Hall–Kier alpha value is -4.28. The highest BCUT2D eigenvalue weighted by Gasteiger charge is 2.33. The van der Waals surface area contributed by atoms with E-state index >= 15 is 0 Å². The average molecular weight is 418 g/mol. The molecule has 2 amide bonds. The van der Waals surface area contributed by atoms with E-state index in [0.717, 1.165) is 16.8 Å². The number of anilines is 1. The number of amides is 2. The lowest BCUT2D eigenvalue weighted by Gasteiger charge is -2.24. The van der Waals surface area contributed by atoms with E-state index in [1.165, 1.54) is 6.33 Å². The van der Waals surface area contributed by atoms with Crippen LogP contribution in [0.3, 0.4) is 0 Å². The molecule has 11 heteroatoms. The highest BCUT2D eigenvalue weighted by atomic mass is 16.5. The lowest BCUT2D eigenvalue weighted by molar-refractivity contribution is -0.120. The van der Waals surface area contributed by atoms with Gasteiger partial charge in [0.2, 0.25) is 5.91 Å². The van der Waals surface area contributed by atoms with Crippen LogP contribution in [0.25, 0.3) is 11.5 Å². The Labute approximate surface area is 175 Å². The number of benzene rings is 1. The Morgan fingerprint density at radius 1 is 1.23 bits per heavy atom. The number of carbonyl (C=O) groups excluding carboxylic acids is 2. The molecule has 0 fully saturated rings. The molecule has 1 unspecified atom stereocenters. The molecule has 3 aromatic heterocycles. The summed E-state index contributed by atoms with van der Waals surface area (Å²) in [4.78, 5) is 23.4. The summed E-state index contributed by atoms with van der Waals surface area (Å²) in [5, 5.41) is 19.9. The fourth-order valence-corrected chi connectivity index (χ4v) is 3.78. The first-order valence-electron chi connectivity index (χ1n) is 9.57. The van der Waals surface area contributed by atoms with Gasteiger partial charge in [-0.2, -0.15) is 14.3 Å². The minimum atomic E-state index is -0.543. The summed E-state index contributed by atoms with van der Waals surface area (Å²) in [5.41, 5.74) is 8.38. The molecule has 3 N–H and O–H groups in total. The third-order valence-electron chi connectivity index (χ3n) is 5.13. The van der Waals surface area contributed by atoms with Gasteiger partial charge in [0.15, 0.2) is 18.1 Å². The number of hydrogen-bond acceptors (Lipinski definition) is 7. The van der Waals surface area contributed by atoms with E-state index in [0.29, 0.717) is 29.5 Å². The third kappa shape index (κ3) is 3.35. The van der Waals surface area contributed by atoms with Crippen molar-refractivity contribution in [2.75, 3.05) is 11.9 Å². The first-order chi connectivity index (χ1) is 15.0. The van der Waals surface area contributed by atoms with Crippen molar-refractivity contribution in [3.63, 3.8) is 0 Å². The van der Waals surface area contributed by atoms with Crippen LogP contribution in [-0.4, -0.2) is 48.0 Å². The van der Waals surface area contributed by atoms with Crippen LogP contribution < -0.4 is 15.8 Å². The smallest absolute Gasteiger partial charge is 0.255 e. The number of nitrogens with two attached hydrogens (primary N) is 1. The number of nitrogens with zero attached hydrogens (tertiary/aromatic N) is 6. The summed E-state index contributed by atoms with van der Waals surface area (Å²) < 4.78 is 8.49. The van der Waals surface area contributed by atoms with E-state index in [4.69, 9.17) is 10.5 Å². The van der Waals surface area contributed by atoms with E-state index in [1.807, 2.05) is 19.1 Å². The van der Waals surface area contributed by atoms with Crippen molar-refractivity contribution in [1.82, 2.24) is 29.6 Å². The zero-order chi connectivity index (χ0) is 21.5. The maximum Gasteiger partial charge on any atom is 0.255 e. The number of hydrogen-bond donors (Lipinski definition) is 2. The molecule has 0 radical (unpaired) electrons. The Kier molecular flexibility index (Phi) is 4.35. The van der Waals surface area contributed by atoms with Crippen molar-refractivity contribution in [3.05, 3.63) is 59.5 Å². The number of primary amides is 1. The molecule has 5 rings (SSSR count). The zero-order valence-electron chi connectivity index (χ0n) is 16.5. The van der Waals surface area contributed by atoms with Crippen molar-refractivity contribution in [1.29, 1.82) is 0 Å². The van der Waals surface area contributed by atoms with Crippen LogP contribution in [-0.2, 0) is 9.59 Å². The highest BCUT2D eigenvalue weighted by Crippen LogP contribution is 2.40. The molecule has 4 heterocycles. The lowest BCUT2D eigenvalue weighted by Crippen LogP contribution is -2.25. The molecule has 1 atom stereocenters. The van der Waals surface area contributed by atoms with Crippen molar-refractivity contribution >= 4 is 23.3 Å². The second-order valence-electron chi connectivity index (χ2n) is 7.21. The van der Waals surface area contributed by atoms with E-state index in [9.17, 15) is 9.59 Å². The van der Waals surface area contributed by atoms with E-state index < -0.39 is 5.91 Å². The summed E-state index contributed by atoms with van der Waals surface area (Å²) in [6.07, 6.45) is 1.80. The second kappa shape index (κ2) is 7.20. The third-order valence-corrected chi connectivity index (χ3v) is 5.13. The van der Waals surface area contributed by atoms with Gasteiger partial charge in [0, 0.05) is 17.9 Å². The van der Waals surface area contributed by atoms with Gasteiger partial charge in [0.1, 0.15) is 17.9 Å². The van der Waals surface area contributed by atoms with Crippen LogP contribution >= 0.6 is 0 Å². The first kappa shape index (κ1) is 18.7. The number of rotatable bonds is 5. The molecular formula is C20H18N8O3. The standard InChI is InChI=1S/C20H18N8O3/c1-11-19-14(12-2-4-13(5-3-12)31-9-15(21)29)8-18(30)23-20(19)28(25-11)17-7-6-16-24-22-10-27(16)26-17/h2-7,10,14H,8-9H2,1H3,(H2,21,29)(H,23,30). The molecule has 0 bridgehead atoms. The SMILES string of the molecule is Cc1nn(-c2ccc3nncn3n2)c2c1C(c1ccc(OCC(N)=O)cc1)CC(=O)N2.